The van der Waals surface area contributed by atoms with Gasteiger partial charge >= 0.3 is 0 Å². The van der Waals surface area contributed by atoms with Gasteiger partial charge in [-0.1, -0.05) is 59.0 Å². The molecule has 2 aromatic rings. The maximum Gasteiger partial charge on any atom is 0.0478 e. The average Bonchev–Trinajstić information content (AvgIpc) is 2.51. The molecule has 0 saturated carbocycles. The van der Waals surface area contributed by atoms with Crippen molar-refractivity contribution in [1.82, 2.24) is 0 Å². The summed E-state index contributed by atoms with van der Waals surface area (Å²) in [6.45, 7) is 8.75. The van der Waals surface area contributed by atoms with Gasteiger partial charge in [-0.25, -0.2) is 0 Å². The van der Waals surface area contributed by atoms with E-state index in [9.17, 15) is 0 Å². The van der Waals surface area contributed by atoms with Crippen LogP contribution in [0.15, 0.2) is 53.5 Å². The van der Waals surface area contributed by atoms with Gasteiger partial charge in [0, 0.05) is 33.6 Å². The van der Waals surface area contributed by atoms with Crippen LogP contribution >= 0.6 is 22.6 Å². The molecule has 0 radical (unpaired) electrons. The van der Waals surface area contributed by atoms with Crippen molar-refractivity contribution < 1.29 is 0 Å². The van der Waals surface area contributed by atoms with E-state index < -0.39 is 0 Å². The van der Waals surface area contributed by atoms with Crippen LogP contribution in [-0.2, 0) is 3.42 Å². The van der Waals surface area contributed by atoms with E-state index in [2.05, 4.69) is 103 Å². The lowest BCUT2D eigenvalue weighted by molar-refractivity contribution is 0.829. The van der Waals surface area contributed by atoms with E-state index in [1.54, 1.807) is 7.05 Å². The van der Waals surface area contributed by atoms with Crippen molar-refractivity contribution in [1.29, 1.82) is 0 Å². The first kappa shape index (κ1) is 18.7. The van der Waals surface area contributed by atoms with E-state index in [0.717, 1.165) is 11.4 Å². The summed E-state index contributed by atoms with van der Waals surface area (Å²) >= 11 is 2.49. The SMILES string of the molecule is CN=C/C=C(\Nc1ccccc1C(C)(C)I)c1c(C)cccc1C. The molecule has 0 spiro atoms. The number of aryl methyl sites for hydroxylation is 2. The Labute approximate surface area is 159 Å². The Hall–Kier alpha value is -1.62. The zero-order valence-electron chi connectivity index (χ0n) is 15.0. The van der Waals surface area contributed by atoms with Crippen molar-refractivity contribution in [2.24, 2.45) is 4.99 Å². The molecule has 126 valence electrons. The number of nitrogens with one attached hydrogen (secondary N) is 1. The third-order valence-electron chi connectivity index (χ3n) is 3.98. The van der Waals surface area contributed by atoms with Crippen LogP contribution in [0.25, 0.3) is 5.70 Å². The minimum absolute atomic E-state index is 0.0477. The molecule has 2 nitrogen and oxygen atoms in total. The van der Waals surface area contributed by atoms with Crippen molar-refractivity contribution in [2.75, 3.05) is 12.4 Å². The highest BCUT2D eigenvalue weighted by molar-refractivity contribution is 14.1. The minimum Gasteiger partial charge on any atom is -0.355 e. The van der Waals surface area contributed by atoms with E-state index in [0.29, 0.717) is 0 Å². The van der Waals surface area contributed by atoms with Crippen LogP contribution in [-0.4, -0.2) is 13.3 Å². The molecule has 0 bridgehead atoms. The zero-order chi connectivity index (χ0) is 17.7. The maximum atomic E-state index is 4.13. The number of alkyl halides is 1. The standard InChI is InChI=1S/C21H25IN2/c1-15-9-8-10-16(2)20(15)19(13-14-23-5)24-18-12-7-6-11-17(18)21(3,4)22/h6-14,24H,1-5H3/b19-13-,23-14?. The number of allylic oxidation sites excluding steroid dienone is 1. The molecule has 0 heterocycles. The topological polar surface area (TPSA) is 24.4 Å². The van der Waals surface area contributed by atoms with Crippen LogP contribution in [0.5, 0.6) is 0 Å². The zero-order valence-corrected chi connectivity index (χ0v) is 17.2. The Morgan fingerprint density at radius 2 is 1.67 bits per heavy atom. The minimum atomic E-state index is 0.0477. The Morgan fingerprint density at radius 3 is 2.25 bits per heavy atom. The number of hydrogen-bond acceptors (Lipinski definition) is 2. The Balaban J connectivity index is 2.54. The number of halogens is 1. The highest BCUT2D eigenvalue weighted by Crippen LogP contribution is 2.37. The van der Waals surface area contributed by atoms with Gasteiger partial charge in [-0.15, -0.1) is 0 Å². The van der Waals surface area contributed by atoms with E-state index in [4.69, 9.17) is 0 Å². The molecule has 0 aliphatic heterocycles. The van der Waals surface area contributed by atoms with E-state index in [1.165, 1.54) is 22.3 Å². The molecular formula is C21H25IN2. The number of benzene rings is 2. The van der Waals surface area contributed by atoms with E-state index >= 15 is 0 Å². The van der Waals surface area contributed by atoms with Crippen LogP contribution in [0.2, 0.25) is 0 Å². The lowest BCUT2D eigenvalue weighted by Gasteiger charge is -2.23. The highest BCUT2D eigenvalue weighted by atomic mass is 127. The number of nitrogens with zero attached hydrogens (tertiary/aromatic N) is 1. The van der Waals surface area contributed by atoms with Gasteiger partial charge in [0.1, 0.15) is 0 Å². The van der Waals surface area contributed by atoms with Gasteiger partial charge in [0.25, 0.3) is 0 Å². The van der Waals surface area contributed by atoms with Gasteiger partial charge in [-0.2, -0.15) is 0 Å². The fourth-order valence-electron chi connectivity index (χ4n) is 2.83. The molecule has 24 heavy (non-hydrogen) atoms. The molecule has 0 atom stereocenters. The smallest absolute Gasteiger partial charge is 0.0478 e. The van der Waals surface area contributed by atoms with Gasteiger partial charge < -0.3 is 5.32 Å². The summed E-state index contributed by atoms with van der Waals surface area (Å²) in [6.07, 6.45) is 3.89. The number of para-hydroxylation sites is 1. The van der Waals surface area contributed by atoms with Crippen molar-refractivity contribution in [3.8, 4) is 0 Å². The van der Waals surface area contributed by atoms with Crippen LogP contribution in [0.4, 0.5) is 5.69 Å². The molecule has 3 heteroatoms. The van der Waals surface area contributed by atoms with Crippen LogP contribution < -0.4 is 5.32 Å². The largest absolute Gasteiger partial charge is 0.355 e. The molecular weight excluding hydrogens is 407 g/mol. The lowest BCUT2D eigenvalue weighted by Crippen LogP contribution is -2.12. The fraction of sp³-hybridized carbons (Fsp3) is 0.286. The predicted octanol–water partition coefficient (Wildman–Crippen LogP) is 6.13. The van der Waals surface area contributed by atoms with E-state index in [-0.39, 0.29) is 3.42 Å². The lowest BCUT2D eigenvalue weighted by atomic mass is 9.97. The van der Waals surface area contributed by atoms with Gasteiger partial charge in [0.15, 0.2) is 0 Å². The second kappa shape index (κ2) is 7.97. The summed E-state index contributed by atoms with van der Waals surface area (Å²) in [5, 5.41) is 3.65. The van der Waals surface area contributed by atoms with Crippen molar-refractivity contribution in [3.05, 3.63) is 70.8 Å². The summed E-state index contributed by atoms with van der Waals surface area (Å²) in [5.41, 5.74) is 7.24. The molecule has 1 N–H and O–H groups in total. The van der Waals surface area contributed by atoms with Crippen molar-refractivity contribution in [3.63, 3.8) is 0 Å². The van der Waals surface area contributed by atoms with Crippen LogP contribution in [0.1, 0.15) is 36.1 Å². The monoisotopic (exact) mass is 432 g/mol. The van der Waals surface area contributed by atoms with Crippen molar-refractivity contribution >= 4 is 40.2 Å². The Bertz CT molecular complexity index is 747. The normalized spacial score (nSPS) is 12.7. The summed E-state index contributed by atoms with van der Waals surface area (Å²) in [4.78, 5) is 4.13. The molecule has 0 unspecified atom stereocenters. The second-order valence-electron chi connectivity index (χ2n) is 6.40. The molecule has 0 aromatic heterocycles. The maximum absolute atomic E-state index is 4.13. The Kier molecular flexibility index (Phi) is 6.21. The molecule has 0 fully saturated rings. The summed E-state index contributed by atoms with van der Waals surface area (Å²) in [7, 11) is 1.79. The quantitative estimate of drug-likeness (QED) is 0.343. The summed E-state index contributed by atoms with van der Waals surface area (Å²) in [6, 6.07) is 14.9. The number of anilines is 1. The third-order valence-corrected chi connectivity index (χ3v) is 4.56. The second-order valence-corrected chi connectivity index (χ2v) is 9.09. The molecule has 0 aliphatic carbocycles. The van der Waals surface area contributed by atoms with Crippen LogP contribution in [0.3, 0.4) is 0 Å². The third kappa shape index (κ3) is 4.47. The molecule has 0 aliphatic rings. The summed E-state index contributed by atoms with van der Waals surface area (Å²) < 4.78 is 0.0477. The first-order chi connectivity index (χ1) is 11.3. The van der Waals surface area contributed by atoms with Gasteiger partial charge in [-0.05, 0) is 56.5 Å². The summed E-state index contributed by atoms with van der Waals surface area (Å²) in [5.74, 6) is 0. The van der Waals surface area contributed by atoms with Crippen LogP contribution in [0, 0.1) is 13.8 Å². The van der Waals surface area contributed by atoms with Crippen molar-refractivity contribution in [2.45, 2.75) is 31.1 Å². The fourth-order valence-corrected chi connectivity index (χ4v) is 3.30. The van der Waals surface area contributed by atoms with Gasteiger partial charge in [0.05, 0.1) is 0 Å². The van der Waals surface area contributed by atoms with E-state index in [1.807, 2.05) is 12.3 Å². The average molecular weight is 432 g/mol. The first-order valence-electron chi connectivity index (χ1n) is 8.09. The molecule has 2 rings (SSSR count). The molecule has 0 saturated heterocycles. The number of hydrogen-bond donors (Lipinski definition) is 1. The number of aliphatic imine (C=N–C) groups is 1. The van der Waals surface area contributed by atoms with Gasteiger partial charge in [-0.3, -0.25) is 4.99 Å². The predicted molar refractivity (Wildman–Crippen MR) is 115 cm³/mol. The number of rotatable bonds is 5. The highest BCUT2D eigenvalue weighted by Gasteiger charge is 2.20. The molecule has 2 aromatic carbocycles. The Morgan fingerprint density at radius 1 is 1.04 bits per heavy atom. The molecule has 0 amide bonds. The first-order valence-corrected chi connectivity index (χ1v) is 9.17. The van der Waals surface area contributed by atoms with Gasteiger partial charge in [0.2, 0.25) is 0 Å².